The van der Waals surface area contributed by atoms with Crippen LogP contribution in [0, 0.1) is 3.57 Å². The van der Waals surface area contributed by atoms with Gasteiger partial charge in [0.05, 0.1) is 18.7 Å². The molecule has 4 nitrogen and oxygen atoms in total. The van der Waals surface area contributed by atoms with E-state index in [9.17, 15) is 4.79 Å². The van der Waals surface area contributed by atoms with Gasteiger partial charge in [0.15, 0.2) is 0 Å². The molecule has 2 aromatic carbocycles. The number of ether oxygens (including phenoxy) is 1. The van der Waals surface area contributed by atoms with Gasteiger partial charge in [0, 0.05) is 10.1 Å². The molecule has 1 fully saturated rings. The van der Waals surface area contributed by atoms with Gasteiger partial charge in [-0.1, -0.05) is 24.3 Å². The van der Waals surface area contributed by atoms with Crippen LogP contribution >= 0.6 is 22.6 Å². The highest BCUT2D eigenvalue weighted by atomic mass is 127. The van der Waals surface area contributed by atoms with Crippen molar-refractivity contribution in [2.24, 2.45) is 0 Å². The summed E-state index contributed by atoms with van der Waals surface area (Å²) in [6.45, 7) is 2.76. The van der Waals surface area contributed by atoms with Crippen LogP contribution in [0.25, 0.3) is 0 Å². The zero-order chi connectivity index (χ0) is 17.6. The maximum atomic E-state index is 12.6. The van der Waals surface area contributed by atoms with Crippen molar-refractivity contribution < 1.29 is 9.53 Å². The number of hydrogen-bond acceptors (Lipinski definition) is 3. The minimum Gasteiger partial charge on any atom is -0.497 e. The minimum absolute atomic E-state index is 0.0114. The molecule has 0 aromatic heterocycles. The van der Waals surface area contributed by atoms with E-state index in [4.69, 9.17) is 4.74 Å². The molecule has 5 heteroatoms. The molecule has 1 unspecified atom stereocenters. The van der Waals surface area contributed by atoms with E-state index in [1.165, 1.54) is 18.4 Å². The predicted molar refractivity (Wildman–Crippen MR) is 108 cm³/mol. The van der Waals surface area contributed by atoms with Crippen molar-refractivity contribution in [3.05, 3.63) is 63.2 Å². The highest BCUT2D eigenvalue weighted by Gasteiger charge is 2.24. The van der Waals surface area contributed by atoms with Crippen LogP contribution in [0.4, 0.5) is 0 Å². The quantitative estimate of drug-likeness (QED) is 0.680. The van der Waals surface area contributed by atoms with Gasteiger partial charge in [0.2, 0.25) is 0 Å². The number of rotatable bonds is 6. The van der Waals surface area contributed by atoms with Crippen molar-refractivity contribution in [2.45, 2.75) is 18.9 Å². The summed E-state index contributed by atoms with van der Waals surface area (Å²) in [6, 6.07) is 16.0. The number of amides is 1. The van der Waals surface area contributed by atoms with E-state index in [1.807, 2.05) is 36.4 Å². The van der Waals surface area contributed by atoms with Crippen LogP contribution in [-0.2, 0) is 0 Å². The number of methoxy groups -OCH3 is 1. The molecule has 3 rings (SSSR count). The Morgan fingerprint density at radius 3 is 2.48 bits per heavy atom. The first-order valence-corrected chi connectivity index (χ1v) is 9.67. The van der Waals surface area contributed by atoms with Crippen LogP contribution in [0.2, 0.25) is 0 Å². The largest absolute Gasteiger partial charge is 0.497 e. The smallest absolute Gasteiger partial charge is 0.252 e. The van der Waals surface area contributed by atoms with Crippen molar-refractivity contribution in [3.8, 4) is 5.75 Å². The third kappa shape index (κ3) is 4.52. The average molecular weight is 450 g/mol. The molecule has 0 radical (unpaired) electrons. The number of benzene rings is 2. The standard InChI is InChI=1S/C20H23IN2O2/c1-25-16-10-8-15(9-11-16)19(23-12-4-5-13-23)14-22-20(24)17-6-2-3-7-18(17)21/h2-3,6-11,19H,4-5,12-14H2,1H3,(H,22,24). The highest BCUT2D eigenvalue weighted by molar-refractivity contribution is 14.1. The van der Waals surface area contributed by atoms with E-state index in [0.29, 0.717) is 6.54 Å². The molecule has 25 heavy (non-hydrogen) atoms. The lowest BCUT2D eigenvalue weighted by Gasteiger charge is -2.28. The Balaban J connectivity index is 1.73. The summed E-state index contributed by atoms with van der Waals surface area (Å²) in [6.07, 6.45) is 2.44. The van der Waals surface area contributed by atoms with Crippen molar-refractivity contribution in [1.29, 1.82) is 0 Å². The van der Waals surface area contributed by atoms with Crippen LogP contribution in [0.5, 0.6) is 5.75 Å². The van der Waals surface area contributed by atoms with Crippen molar-refractivity contribution in [2.75, 3.05) is 26.7 Å². The van der Waals surface area contributed by atoms with Crippen LogP contribution in [0.1, 0.15) is 34.8 Å². The molecule has 0 saturated carbocycles. The van der Waals surface area contributed by atoms with Gasteiger partial charge >= 0.3 is 0 Å². The predicted octanol–water partition coefficient (Wildman–Crippen LogP) is 3.87. The summed E-state index contributed by atoms with van der Waals surface area (Å²) in [5, 5.41) is 3.13. The van der Waals surface area contributed by atoms with Crippen molar-refractivity contribution in [1.82, 2.24) is 10.2 Å². The topological polar surface area (TPSA) is 41.6 Å². The Hall–Kier alpha value is -1.60. The number of likely N-dealkylation sites (tertiary alicyclic amines) is 1. The van der Waals surface area contributed by atoms with Gasteiger partial charge in [-0.15, -0.1) is 0 Å². The molecule has 0 aliphatic carbocycles. The Morgan fingerprint density at radius 1 is 1.16 bits per heavy atom. The molecule has 0 bridgehead atoms. The summed E-state index contributed by atoms with van der Waals surface area (Å²) >= 11 is 2.20. The summed E-state index contributed by atoms with van der Waals surface area (Å²) in [5.74, 6) is 0.842. The monoisotopic (exact) mass is 450 g/mol. The molecule has 1 aliphatic heterocycles. The van der Waals surface area contributed by atoms with Crippen molar-refractivity contribution in [3.63, 3.8) is 0 Å². The molecular formula is C20H23IN2O2. The normalized spacial score (nSPS) is 15.8. The highest BCUT2D eigenvalue weighted by Crippen LogP contribution is 2.26. The number of nitrogens with one attached hydrogen (secondary N) is 1. The molecule has 1 aliphatic rings. The van der Waals surface area contributed by atoms with Gasteiger partial charge in [-0.05, 0) is 78.4 Å². The number of halogens is 1. The summed E-state index contributed by atoms with van der Waals surface area (Å²) in [4.78, 5) is 15.0. The molecular weight excluding hydrogens is 427 g/mol. The number of carbonyl (C=O) groups is 1. The third-order valence-corrected chi connectivity index (χ3v) is 5.60. The zero-order valence-electron chi connectivity index (χ0n) is 14.4. The lowest BCUT2D eigenvalue weighted by Crippen LogP contribution is -2.37. The van der Waals surface area contributed by atoms with Crippen LogP contribution < -0.4 is 10.1 Å². The maximum Gasteiger partial charge on any atom is 0.252 e. The fourth-order valence-electron chi connectivity index (χ4n) is 3.27. The Labute approximate surface area is 162 Å². The Bertz CT molecular complexity index is 712. The molecule has 1 heterocycles. The first-order valence-electron chi connectivity index (χ1n) is 8.60. The van der Waals surface area contributed by atoms with E-state index >= 15 is 0 Å². The SMILES string of the molecule is COc1ccc(C(CNC(=O)c2ccccc2I)N2CCCC2)cc1. The van der Waals surface area contributed by atoms with Gasteiger partial charge in [-0.2, -0.15) is 0 Å². The molecule has 1 saturated heterocycles. The maximum absolute atomic E-state index is 12.6. The second-order valence-corrected chi connectivity index (χ2v) is 7.38. The van der Waals surface area contributed by atoms with E-state index in [1.54, 1.807) is 7.11 Å². The fraction of sp³-hybridized carbons (Fsp3) is 0.350. The average Bonchev–Trinajstić information content (AvgIpc) is 3.17. The second-order valence-electron chi connectivity index (χ2n) is 6.22. The van der Waals surface area contributed by atoms with Gasteiger partial charge in [0.25, 0.3) is 5.91 Å². The molecule has 1 N–H and O–H groups in total. The lowest BCUT2D eigenvalue weighted by atomic mass is 10.0. The lowest BCUT2D eigenvalue weighted by molar-refractivity contribution is 0.0937. The molecule has 1 atom stereocenters. The summed E-state index contributed by atoms with van der Waals surface area (Å²) in [5.41, 5.74) is 1.95. The van der Waals surface area contributed by atoms with Crippen LogP contribution in [-0.4, -0.2) is 37.6 Å². The van der Waals surface area contributed by atoms with E-state index in [-0.39, 0.29) is 11.9 Å². The van der Waals surface area contributed by atoms with Crippen LogP contribution in [0.15, 0.2) is 48.5 Å². The Kier molecular flexibility index (Phi) is 6.31. The van der Waals surface area contributed by atoms with Gasteiger partial charge in [0.1, 0.15) is 5.75 Å². The Morgan fingerprint density at radius 2 is 1.84 bits per heavy atom. The minimum atomic E-state index is -0.0114. The van der Waals surface area contributed by atoms with Crippen molar-refractivity contribution >= 4 is 28.5 Å². The fourth-order valence-corrected chi connectivity index (χ4v) is 3.90. The van der Waals surface area contributed by atoms with Gasteiger partial charge in [-0.3, -0.25) is 9.69 Å². The first kappa shape index (κ1) is 18.2. The van der Waals surface area contributed by atoms with Gasteiger partial charge < -0.3 is 10.1 Å². The third-order valence-electron chi connectivity index (χ3n) is 4.66. The molecule has 0 spiro atoms. The number of nitrogens with zero attached hydrogens (tertiary/aromatic N) is 1. The zero-order valence-corrected chi connectivity index (χ0v) is 16.5. The summed E-state index contributed by atoms with van der Waals surface area (Å²) < 4.78 is 6.23. The van der Waals surface area contributed by atoms with Crippen LogP contribution in [0.3, 0.4) is 0 Å². The molecule has 132 valence electrons. The molecule has 1 amide bonds. The first-order chi connectivity index (χ1) is 12.2. The molecule has 2 aromatic rings. The van der Waals surface area contributed by atoms with E-state index in [2.05, 4.69) is 44.9 Å². The number of carbonyl (C=O) groups excluding carboxylic acids is 1. The van der Waals surface area contributed by atoms with E-state index in [0.717, 1.165) is 28.0 Å². The summed E-state index contributed by atoms with van der Waals surface area (Å²) in [7, 11) is 1.68. The van der Waals surface area contributed by atoms with E-state index < -0.39 is 0 Å². The number of hydrogen-bond donors (Lipinski definition) is 1. The van der Waals surface area contributed by atoms with Gasteiger partial charge in [-0.25, -0.2) is 0 Å². The second kappa shape index (κ2) is 8.67.